The Morgan fingerprint density at radius 1 is 1.19 bits per heavy atom. The molecule has 0 spiro atoms. The first-order chi connectivity index (χ1) is 20.8. The molecular formula is C28H32FN11O2S. The first-order valence-corrected chi connectivity index (χ1v) is 15.3. The number of hydrogen-bond donors (Lipinski definition) is 3. The van der Waals surface area contributed by atoms with Crippen molar-refractivity contribution in [1.29, 1.82) is 0 Å². The molecule has 0 aliphatic heterocycles. The lowest BCUT2D eigenvalue weighted by molar-refractivity contribution is -0.148. The van der Waals surface area contributed by atoms with Gasteiger partial charge in [-0.2, -0.15) is 15.3 Å². The molecule has 0 aromatic carbocycles. The summed E-state index contributed by atoms with van der Waals surface area (Å²) in [5, 5.41) is 25.5. The minimum absolute atomic E-state index is 0.0532. The minimum Gasteiger partial charge on any atom is -0.368 e. The number of aromatic amines is 1. The summed E-state index contributed by atoms with van der Waals surface area (Å²) in [6.45, 7) is 3.82. The van der Waals surface area contributed by atoms with Crippen LogP contribution in [0.5, 0.6) is 0 Å². The number of rotatable bonds is 9. The number of nitrogens with one attached hydrogen (secondary N) is 3. The van der Waals surface area contributed by atoms with Crippen molar-refractivity contribution in [3.8, 4) is 5.13 Å². The molecule has 5 heterocycles. The van der Waals surface area contributed by atoms with Gasteiger partial charge in [-0.1, -0.05) is 0 Å². The molecule has 5 aromatic rings. The first kappa shape index (κ1) is 27.6. The van der Waals surface area contributed by atoms with E-state index in [9.17, 15) is 9.18 Å². The smallest absolute Gasteiger partial charge is 0.252 e. The van der Waals surface area contributed by atoms with Crippen molar-refractivity contribution in [3.63, 3.8) is 0 Å². The Bertz CT molecular complexity index is 1780. The predicted octanol–water partition coefficient (Wildman–Crippen LogP) is 4.64. The van der Waals surface area contributed by atoms with E-state index in [4.69, 9.17) is 14.7 Å². The van der Waals surface area contributed by atoms with Gasteiger partial charge in [0.15, 0.2) is 17.3 Å². The summed E-state index contributed by atoms with van der Waals surface area (Å²) in [6, 6.07) is 1.93. The number of carbonyl (C=O) groups is 1. The largest absolute Gasteiger partial charge is 0.368 e. The molecule has 0 saturated heterocycles. The van der Waals surface area contributed by atoms with Crippen LogP contribution < -0.4 is 10.6 Å². The van der Waals surface area contributed by atoms with Gasteiger partial charge in [-0.15, -0.1) is 11.3 Å². The van der Waals surface area contributed by atoms with Crippen LogP contribution in [-0.4, -0.2) is 63.3 Å². The zero-order chi connectivity index (χ0) is 29.7. The number of aryl methyl sites for hydroxylation is 1. The Morgan fingerprint density at radius 3 is 2.67 bits per heavy atom. The van der Waals surface area contributed by atoms with E-state index in [2.05, 4.69) is 36.0 Å². The molecule has 0 radical (unpaired) electrons. The number of amides is 1. The van der Waals surface area contributed by atoms with Crippen LogP contribution in [0, 0.1) is 12.7 Å². The number of carbonyl (C=O) groups excluding carboxylic acids is 1. The molecule has 0 unspecified atom stereocenters. The van der Waals surface area contributed by atoms with E-state index in [-0.39, 0.29) is 17.9 Å². The average molecular weight is 606 g/mol. The van der Waals surface area contributed by atoms with Crippen LogP contribution >= 0.6 is 11.3 Å². The molecule has 2 aliphatic rings. The number of hydrogen-bond acceptors (Lipinski definition) is 10. The Morgan fingerprint density at radius 2 is 2.00 bits per heavy atom. The van der Waals surface area contributed by atoms with Crippen molar-refractivity contribution in [2.45, 2.75) is 76.0 Å². The van der Waals surface area contributed by atoms with Crippen LogP contribution in [0.25, 0.3) is 16.2 Å². The Kier molecular flexibility index (Phi) is 6.92. The maximum absolute atomic E-state index is 13.6. The van der Waals surface area contributed by atoms with Crippen molar-refractivity contribution in [2.24, 2.45) is 0 Å². The molecule has 1 amide bonds. The predicted molar refractivity (Wildman–Crippen MR) is 157 cm³/mol. The number of nitrogens with zero attached hydrogens (tertiary/aromatic N) is 8. The number of H-pyrrole nitrogens is 1. The van der Waals surface area contributed by atoms with E-state index >= 15 is 0 Å². The van der Waals surface area contributed by atoms with Gasteiger partial charge >= 0.3 is 0 Å². The number of fused-ring (bicyclic) bond motifs is 1. The quantitative estimate of drug-likeness (QED) is 0.218. The number of methoxy groups -OCH3 is 1. The second kappa shape index (κ2) is 10.8. The van der Waals surface area contributed by atoms with E-state index in [1.807, 2.05) is 36.2 Å². The molecule has 2 aliphatic carbocycles. The highest BCUT2D eigenvalue weighted by atomic mass is 32.1. The fraction of sp³-hybridized carbons (Fsp3) is 0.464. The molecule has 15 heteroatoms. The molecule has 2 fully saturated rings. The zero-order valence-corrected chi connectivity index (χ0v) is 24.9. The van der Waals surface area contributed by atoms with Crippen LogP contribution in [0.4, 0.5) is 16.0 Å². The normalized spacial score (nSPS) is 21.3. The van der Waals surface area contributed by atoms with E-state index in [1.54, 1.807) is 7.11 Å². The minimum atomic E-state index is -0.970. The number of thiazole rings is 1. The summed E-state index contributed by atoms with van der Waals surface area (Å²) >= 11 is 1.33. The van der Waals surface area contributed by atoms with Gasteiger partial charge in [0.25, 0.3) is 5.91 Å². The van der Waals surface area contributed by atoms with Gasteiger partial charge in [0.05, 0.1) is 41.8 Å². The third-order valence-corrected chi connectivity index (χ3v) is 9.18. The zero-order valence-electron chi connectivity index (χ0n) is 24.0. The summed E-state index contributed by atoms with van der Waals surface area (Å²) in [4.78, 5) is 28.1. The summed E-state index contributed by atoms with van der Waals surface area (Å²) < 4.78 is 22.7. The molecular weight excluding hydrogens is 573 g/mol. The summed E-state index contributed by atoms with van der Waals surface area (Å²) in [6.07, 6.45) is 8.81. The molecule has 2 saturated carbocycles. The summed E-state index contributed by atoms with van der Waals surface area (Å²) in [7, 11) is 1.59. The lowest BCUT2D eigenvalue weighted by Gasteiger charge is -2.38. The van der Waals surface area contributed by atoms with Crippen molar-refractivity contribution in [2.75, 3.05) is 12.4 Å². The SMILES string of the molecule is CO[C@]1(C(=O)N[C@@H](C)c2csc(-n3cc(F)cn3)n2)CC[C@@H](c2nc(Nc3cc(C)[nH]n3)c3cnn(C4CC4)c3n2)CC1. The Labute approximate surface area is 250 Å². The first-order valence-electron chi connectivity index (χ1n) is 14.4. The Balaban J connectivity index is 1.08. The summed E-state index contributed by atoms with van der Waals surface area (Å²) in [5.74, 6) is 1.52. The fourth-order valence-electron chi connectivity index (χ4n) is 5.66. The maximum atomic E-state index is 13.6. The van der Waals surface area contributed by atoms with Crippen LogP contribution in [0.3, 0.4) is 0 Å². The lowest BCUT2D eigenvalue weighted by Crippen LogP contribution is -2.51. The topological polar surface area (TPSA) is 153 Å². The highest BCUT2D eigenvalue weighted by molar-refractivity contribution is 7.12. The van der Waals surface area contributed by atoms with Crippen LogP contribution in [-0.2, 0) is 9.53 Å². The molecule has 7 rings (SSSR count). The summed E-state index contributed by atoms with van der Waals surface area (Å²) in [5.41, 5.74) is 1.46. The van der Waals surface area contributed by atoms with Gasteiger partial charge in [-0.3, -0.25) is 9.89 Å². The van der Waals surface area contributed by atoms with E-state index in [1.165, 1.54) is 22.2 Å². The van der Waals surface area contributed by atoms with Crippen molar-refractivity contribution in [3.05, 3.63) is 53.1 Å². The van der Waals surface area contributed by atoms with E-state index in [0.717, 1.165) is 41.6 Å². The third kappa shape index (κ3) is 5.27. The monoisotopic (exact) mass is 605 g/mol. The van der Waals surface area contributed by atoms with Crippen LogP contribution in [0.15, 0.2) is 30.0 Å². The molecule has 1 atom stereocenters. The fourth-order valence-corrected chi connectivity index (χ4v) is 6.51. The molecule has 224 valence electrons. The highest BCUT2D eigenvalue weighted by Crippen LogP contribution is 2.42. The maximum Gasteiger partial charge on any atom is 0.252 e. The van der Waals surface area contributed by atoms with Crippen LogP contribution in [0.1, 0.15) is 80.7 Å². The molecule has 3 N–H and O–H groups in total. The van der Waals surface area contributed by atoms with Crippen LogP contribution in [0.2, 0.25) is 0 Å². The molecule has 0 bridgehead atoms. The van der Waals surface area contributed by atoms with E-state index < -0.39 is 11.4 Å². The molecule has 43 heavy (non-hydrogen) atoms. The van der Waals surface area contributed by atoms with E-state index in [0.29, 0.717) is 54.2 Å². The second-order valence-corrected chi connectivity index (χ2v) is 12.2. The third-order valence-electron chi connectivity index (χ3n) is 8.33. The average Bonchev–Trinajstić information content (AvgIpc) is 3.37. The standard InChI is InChI=1S/C28H32FN11O2S/c1-15-10-22(38-37-15)34-24-20-12-31-40(19-4-5-19)25(20)36-23(35-24)17-6-8-28(42-3,9-7-17)26(41)32-16(2)21-14-43-27(33-21)39-13-18(29)11-30-39/h10-14,16-17,19H,4-9H2,1-3H3,(H,32,41)(H2,34,35,36,37,38)/t16-,17-,28-/m0/s1. The number of anilines is 2. The van der Waals surface area contributed by atoms with Gasteiger partial charge in [0.1, 0.15) is 17.2 Å². The molecule has 13 nitrogen and oxygen atoms in total. The van der Waals surface area contributed by atoms with Crippen molar-refractivity contribution >= 4 is 39.9 Å². The van der Waals surface area contributed by atoms with Gasteiger partial charge in [0.2, 0.25) is 5.13 Å². The highest BCUT2D eigenvalue weighted by Gasteiger charge is 2.44. The van der Waals surface area contributed by atoms with Crippen molar-refractivity contribution < 1.29 is 13.9 Å². The number of halogens is 1. The number of aromatic nitrogens is 9. The van der Waals surface area contributed by atoms with Crippen molar-refractivity contribution in [1.82, 2.24) is 50.0 Å². The Hall–Kier alpha value is -4.24. The van der Waals surface area contributed by atoms with Gasteiger partial charge in [-0.25, -0.2) is 28.7 Å². The second-order valence-electron chi connectivity index (χ2n) is 11.4. The number of ether oxygens (including phenoxy) is 1. The molecule has 5 aromatic heterocycles. The van der Waals surface area contributed by atoms with Gasteiger partial charge in [0, 0.05) is 30.2 Å². The van der Waals surface area contributed by atoms with Gasteiger partial charge < -0.3 is 15.4 Å². The van der Waals surface area contributed by atoms with Gasteiger partial charge in [-0.05, 0) is 52.4 Å². The lowest BCUT2D eigenvalue weighted by atomic mass is 9.77.